The van der Waals surface area contributed by atoms with Crippen LogP contribution in [0.4, 0.5) is 5.82 Å². The minimum atomic E-state index is 0.419. The van der Waals surface area contributed by atoms with Gasteiger partial charge in [-0.05, 0) is 11.6 Å². The van der Waals surface area contributed by atoms with E-state index in [9.17, 15) is 0 Å². The molecule has 0 bridgehead atoms. The predicted molar refractivity (Wildman–Crippen MR) is 53.1 cm³/mol. The first-order valence-corrected chi connectivity index (χ1v) is 4.44. The maximum absolute atomic E-state index is 5.84. The van der Waals surface area contributed by atoms with Crippen molar-refractivity contribution in [2.75, 3.05) is 19.0 Å². The summed E-state index contributed by atoms with van der Waals surface area (Å²) in [4.78, 5) is 6.03. The molecule has 0 spiro atoms. The molecule has 0 N–H and O–H groups in total. The number of hydrogen-bond donors (Lipinski definition) is 0. The van der Waals surface area contributed by atoms with Crippen molar-refractivity contribution in [1.82, 2.24) is 4.98 Å². The van der Waals surface area contributed by atoms with E-state index in [1.165, 1.54) is 0 Å². The van der Waals surface area contributed by atoms with E-state index >= 15 is 0 Å². The smallest absolute Gasteiger partial charge is 0.128 e. The van der Waals surface area contributed by atoms with Crippen LogP contribution in [0.25, 0.3) is 0 Å². The molecule has 2 nitrogen and oxygen atoms in total. The molecule has 0 aliphatic heterocycles. The first-order valence-electron chi connectivity index (χ1n) is 3.53. The third-order valence-electron chi connectivity index (χ3n) is 1.52. The van der Waals surface area contributed by atoms with E-state index in [0.29, 0.717) is 10.9 Å². The van der Waals surface area contributed by atoms with Crippen LogP contribution in [0.15, 0.2) is 12.3 Å². The monoisotopic (exact) mass is 204 g/mol. The zero-order valence-electron chi connectivity index (χ0n) is 7.01. The molecule has 0 aromatic carbocycles. The second kappa shape index (κ2) is 3.97. The Morgan fingerprint density at radius 1 is 1.50 bits per heavy atom. The van der Waals surface area contributed by atoms with Gasteiger partial charge in [-0.15, -0.1) is 11.6 Å². The van der Waals surface area contributed by atoms with Gasteiger partial charge < -0.3 is 4.90 Å². The lowest BCUT2D eigenvalue weighted by atomic mass is 10.3. The molecule has 0 radical (unpaired) electrons. The van der Waals surface area contributed by atoms with Crippen LogP contribution in [0.3, 0.4) is 0 Å². The number of pyridine rings is 1. The van der Waals surface area contributed by atoms with Gasteiger partial charge in [-0.2, -0.15) is 0 Å². The first-order chi connectivity index (χ1) is 5.65. The Balaban J connectivity index is 3.05. The van der Waals surface area contributed by atoms with Crippen LogP contribution in [-0.4, -0.2) is 19.1 Å². The molecule has 0 aliphatic rings. The summed E-state index contributed by atoms with van der Waals surface area (Å²) in [5.41, 5.74) is 0.914. The molecule has 0 saturated heterocycles. The molecule has 0 fully saturated rings. The second-order valence-corrected chi connectivity index (χ2v) is 3.34. The average molecular weight is 205 g/mol. The van der Waals surface area contributed by atoms with Gasteiger partial charge in [0.05, 0.1) is 5.02 Å². The van der Waals surface area contributed by atoms with Crippen molar-refractivity contribution in [3.63, 3.8) is 0 Å². The lowest BCUT2D eigenvalue weighted by molar-refractivity contribution is 1.06. The van der Waals surface area contributed by atoms with Crippen LogP contribution in [0.1, 0.15) is 5.56 Å². The van der Waals surface area contributed by atoms with E-state index in [-0.39, 0.29) is 0 Å². The van der Waals surface area contributed by atoms with Crippen molar-refractivity contribution in [3.05, 3.63) is 22.8 Å². The third kappa shape index (κ3) is 2.02. The summed E-state index contributed by atoms with van der Waals surface area (Å²) in [6, 6.07) is 1.88. The predicted octanol–water partition coefficient (Wildman–Crippen LogP) is 2.54. The summed E-state index contributed by atoms with van der Waals surface area (Å²) in [5, 5.41) is 0.621. The fourth-order valence-corrected chi connectivity index (χ4v) is 1.27. The van der Waals surface area contributed by atoms with Crippen LogP contribution in [0.5, 0.6) is 0 Å². The fraction of sp³-hybridized carbons (Fsp3) is 0.375. The number of nitrogens with zero attached hydrogens (tertiary/aromatic N) is 2. The minimum Gasteiger partial charge on any atom is -0.363 e. The van der Waals surface area contributed by atoms with Gasteiger partial charge in [0.25, 0.3) is 0 Å². The Morgan fingerprint density at radius 2 is 2.17 bits per heavy atom. The molecular weight excluding hydrogens is 195 g/mol. The number of rotatable bonds is 2. The molecule has 4 heteroatoms. The lowest BCUT2D eigenvalue weighted by Gasteiger charge is -2.12. The van der Waals surface area contributed by atoms with E-state index in [1.54, 1.807) is 6.20 Å². The highest BCUT2D eigenvalue weighted by atomic mass is 35.5. The van der Waals surface area contributed by atoms with Gasteiger partial charge in [0, 0.05) is 26.2 Å². The van der Waals surface area contributed by atoms with Crippen molar-refractivity contribution in [2.45, 2.75) is 5.88 Å². The van der Waals surface area contributed by atoms with Gasteiger partial charge in [0.15, 0.2) is 0 Å². The third-order valence-corrected chi connectivity index (χ3v) is 2.15. The number of halogens is 2. The molecule has 0 atom stereocenters. The standard InChI is InChI=1S/C8H10Cl2N2/c1-12(2)8-3-6(4-9)7(10)5-11-8/h3,5H,4H2,1-2H3. The van der Waals surface area contributed by atoms with E-state index in [1.807, 2.05) is 25.1 Å². The van der Waals surface area contributed by atoms with Crippen molar-refractivity contribution in [3.8, 4) is 0 Å². The zero-order chi connectivity index (χ0) is 9.14. The fourth-order valence-electron chi connectivity index (χ4n) is 0.815. The highest BCUT2D eigenvalue weighted by Gasteiger charge is 2.02. The summed E-state index contributed by atoms with van der Waals surface area (Å²) in [7, 11) is 3.85. The van der Waals surface area contributed by atoms with Gasteiger partial charge in [-0.25, -0.2) is 4.98 Å². The minimum absolute atomic E-state index is 0.419. The van der Waals surface area contributed by atoms with E-state index < -0.39 is 0 Å². The molecule has 0 saturated carbocycles. The molecule has 12 heavy (non-hydrogen) atoms. The number of hydrogen-bond acceptors (Lipinski definition) is 2. The molecule has 0 amide bonds. The highest BCUT2D eigenvalue weighted by molar-refractivity contribution is 6.32. The average Bonchev–Trinajstić information content (AvgIpc) is 2.05. The SMILES string of the molecule is CN(C)c1cc(CCl)c(Cl)cn1. The summed E-state index contributed by atoms with van der Waals surface area (Å²) >= 11 is 11.5. The summed E-state index contributed by atoms with van der Waals surface area (Å²) in [5.74, 6) is 1.29. The number of aromatic nitrogens is 1. The molecule has 1 rings (SSSR count). The number of alkyl halides is 1. The molecular formula is C8H10Cl2N2. The molecule has 0 aliphatic carbocycles. The maximum atomic E-state index is 5.84. The van der Waals surface area contributed by atoms with Gasteiger partial charge >= 0.3 is 0 Å². The van der Waals surface area contributed by atoms with Gasteiger partial charge in [-0.3, -0.25) is 0 Å². The second-order valence-electron chi connectivity index (χ2n) is 2.66. The largest absolute Gasteiger partial charge is 0.363 e. The summed E-state index contributed by atoms with van der Waals surface area (Å²) < 4.78 is 0. The van der Waals surface area contributed by atoms with Gasteiger partial charge in [0.2, 0.25) is 0 Å². The highest BCUT2D eigenvalue weighted by Crippen LogP contribution is 2.20. The maximum Gasteiger partial charge on any atom is 0.128 e. The van der Waals surface area contributed by atoms with Crippen LogP contribution >= 0.6 is 23.2 Å². The van der Waals surface area contributed by atoms with Crippen molar-refractivity contribution in [2.24, 2.45) is 0 Å². The molecule has 1 aromatic heterocycles. The van der Waals surface area contributed by atoms with Crippen LogP contribution in [0, 0.1) is 0 Å². The van der Waals surface area contributed by atoms with Gasteiger partial charge in [0.1, 0.15) is 5.82 Å². The van der Waals surface area contributed by atoms with Crippen molar-refractivity contribution >= 4 is 29.0 Å². The number of anilines is 1. The van der Waals surface area contributed by atoms with E-state index in [0.717, 1.165) is 11.4 Å². The molecule has 1 heterocycles. The van der Waals surface area contributed by atoms with Crippen LogP contribution < -0.4 is 4.90 Å². The molecule has 0 unspecified atom stereocenters. The summed E-state index contributed by atoms with van der Waals surface area (Å²) in [6.45, 7) is 0. The normalized spacial score (nSPS) is 10.0. The zero-order valence-corrected chi connectivity index (χ0v) is 8.52. The Hall–Kier alpha value is -0.470. The van der Waals surface area contributed by atoms with Gasteiger partial charge in [-0.1, -0.05) is 11.6 Å². The summed E-state index contributed by atoms with van der Waals surface area (Å²) in [6.07, 6.45) is 1.62. The Labute approximate surface area is 82.1 Å². The van der Waals surface area contributed by atoms with Crippen LogP contribution in [0.2, 0.25) is 5.02 Å². The molecule has 1 aromatic rings. The van der Waals surface area contributed by atoms with E-state index in [2.05, 4.69) is 4.98 Å². The Morgan fingerprint density at radius 3 is 2.67 bits per heavy atom. The topological polar surface area (TPSA) is 16.1 Å². The molecule has 66 valence electrons. The quantitative estimate of drug-likeness (QED) is 0.689. The lowest BCUT2D eigenvalue weighted by Crippen LogP contribution is -2.10. The van der Waals surface area contributed by atoms with Crippen LogP contribution in [-0.2, 0) is 5.88 Å². The Kier molecular flexibility index (Phi) is 3.18. The first kappa shape index (κ1) is 9.62. The van der Waals surface area contributed by atoms with E-state index in [4.69, 9.17) is 23.2 Å². The Bertz CT molecular complexity index is 274. The van der Waals surface area contributed by atoms with Crippen molar-refractivity contribution < 1.29 is 0 Å². The van der Waals surface area contributed by atoms with Crippen molar-refractivity contribution in [1.29, 1.82) is 0 Å².